The van der Waals surface area contributed by atoms with Crippen LogP contribution in [0.2, 0.25) is 0 Å². The van der Waals surface area contributed by atoms with Gasteiger partial charge in [-0.1, -0.05) is 36.4 Å². The molecule has 0 atom stereocenters. The number of nitrogens with zero attached hydrogens (tertiary/aromatic N) is 3. The van der Waals surface area contributed by atoms with Crippen molar-refractivity contribution in [2.75, 3.05) is 0 Å². The van der Waals surface area contributed by atoms with Crippen LogP contribution in [-0.2, 0) is 0 Å². The highest BCUT2D eigenvalue weighted by Crippen LogP contribution is 2.22. The van der Waals surface area contributed by atoms with Crippen LogP contribution < -0.4 is 5.69 Å². The third kappa shape index (κ3) is 1.74. The van der Waals surface area contributed by atoms with Crippen molar-refractivity contribution in [1.82, 2.24) is 19.6 Å². The standard InChI is InChI=1S/C16H12N4O/c1-10-6-2-3-7-11(10)14-18-15-12-8-4-5-9-13(12)17-16(21)20(15)19-14/h2-9H,1H3,(H,17,21). The molecule has 21 heavy (non-hydrogen) atoms. The highest BCUT2D eigenvalue weighted by Gasteiger charge is 2.12. The Hall–Kier alpha value is -2.95. The summed E-state index contributed by atoms with van der Waals surface area (Å²) >= 11 is 0. The zero-order chi connectivity index (χ0) is 14.4. The predicted octanol–water partition coefficient (Wildman–Crippen LogP) is 2.55. The summed E-state index contributed by atoms with van der Waals surface area (Å²) in [5.41, 5.74) is 3.07. The highest BCUT2D eigenvalue weighted by molar-refractivity contribution is 5.91. The Balaban J connectivity index is 2.11. The number of aryl methyl sites for hydroxylation is 1. The van der Waals surface area contributed by atoms with Crippen molar-refractivity contribution in [2.45, 2.75) is 6.92 Å². The minimum atomic E-state index is -0.281. The molecule has 0 spiro atoms. The summed E-state index contributed by atoms with van der Waals surface area (Å²) in [5, 5.41) is 5.23. The molecule has 0 amide bonds. The third-order valence-electron chi connectivity index (χ3n) is 3.60. The van der Waals surface area contributed by atoms with Gasteiger partial charge in [-0.2, -0.15) is 4.52 Å². The molecular weight excluding hydrogens is 264 g/mol. The van der Waals surface area contributed by atoms with Crippen LogP contribution >= 0.6 is 0 Å². The molecule has 5 heteroatoms. The lowest BCUT2D eigenvalue weighted by Gasteiger charge is -1.98. The second-order valence-corrected chi connectivity index (χ2v) is 4.96. The number of aromatic nitrogens is 4. The molecule has 0 aliphatic rings. The molecule has 102 valence electrons. The summed E-state index contributed by atoms with van der Waals surface area (Å²) in [6.45, 7) is 2.00. The summed E-state index contributed by atoms with van der Waals surface area (Å²) in [6, 6.07) is 15.5. The lowest BCUT2D eigenvalue weighted by Crippen LogP contribution is -2.17. The Bertz CT molecular complexity index is 1030. The molecule has 0 bridgehead atoms. The first-order chi connectivity index (χ1) is 10.2. The molecule has 1 N–H and O–H groups in total. The van der Waals surface area contributed by atoms with Crippen LogP contribution in [0.1, 0.15) is 5.56 Å². The first kappa shape index (κ1) is 11.8. The van der Waals surface area contributed by atoms with Gasteiger partial charge in [0.1, 0.15) is 0 Å². The maximum atomic E-state index is 12.1. The molecule has 2 heterocycles. The van der Waals surface area contributed by atoms with E-state index in [4.69, 9.17) is 0 Å². The van der Waals surface area contributed by atoms with Crippen molar-refractivity contribution in [1.29, 1.82) is 0 Å². The van der Waals surface area contributed by atoms with Gasteiger partial charge >= 0.3 is 5.69 Å². The Kier molecular flexibility index (Phi) is 2.41. The summed E-state index contributed by atoms with van der Waals surface area (Å²) in [6.07, 6.45) is 0. The average Bonchev–Trinajstić information content (AvgIpc) is 2.94. The van der Waals surface area contributed by atoms with Gasteiger partial charge in [0.2, 0.25) is 0 Å². The minimum absolute atomic E-state index is 0.281. The SMILES string of the molecule is Cc1ccccc1-c1nc2c3ccccc3[nH]c(=O)n2n1. The van der Waals surface area contributed by atoms with Gasteiger partial charge < -0.3 is 4.98 Å². The van der Waals surface area contributed by atoms with Crippen LogP contribution in [0.15, 0.2) is 53.3 Å². The van der Waals surface area contributed by atoms with E-state index in [-0.39, 0.29) is 5.69 Å². The van der Waals surface area contributed by atoms with E-state index in [2.05, 4.69) is 15.1 Å². The first-order valence-corrected chi connectivity index (χ1v) is 6.68. The van der Waals surface area contributed by atoms with Crippen LogP contribution in [0.5, 0.6) is 0 Å². The van der Waals surface area contributed by atoms with Crippen molar-refractivity contribution in [3.05, 3.63) is 64.6 Å². The Labute approximate surface area is 119 Å². The summed E-state index contributed by atoms with van der Waals surface area (Å²) in [7, 11) is 0. The largest absolute Gasteiger partial charge is 0.348 e. The molecule has 0 aliphatic carbocycles. The smallest absolute Gasteiger partial charge is 0.305 e. The monoisotopic (exact) mass is 276 g/mol. The highest BCUT2D eigenvalue weighted by atomic mass is 16.1. The Morgan fingerprint density at radius 3 is 2.67 bits per heavy atom. The summed E-state index contributed by atoms with van der Waals surface area (Å²) in [5.74, 6) is 0.565. The molecule has 4 aromatic rings. The van der Waals surface area contributed by atoms with Gasteiger partial charge in [0.05, 0.1) is 5.52 Å². The van der Waals surface area contributed by atoms with Crippen LogP contribution in [-0.4, -0.2) is 19.6 Å². The van der Waals surface area contributed by atoms with Gasteiger partial charge in [-0.3, -0.25) is 0 Å². The van der Waals surface area contributed by atoms with Crippen LogP contribution in [0.25, 0.3) is 27.9 Å². The van der Waals surface area contributed by atoms with E-state index in [1.165, 1.54) is 4.52 Å². The molecule has 4 rings (SSSR count). The number of benzene rings is 2. The van der Waals surface area contributed by atoms with E-state index in [1.807, 2.05) is 55.5 Å². The number of H-pyrrole nitrogens is 1. The number of hydrogen-bond donors (Lipinski definition) is 1. The molecule has 0 unspecified atom stereocenters. The molecule has 2 aromatic heterocycles. The topological polar surface area (TPSA) is 63.0 Å². The van der Waals surface area contributed by atoms with Crippen LogP contribution in [0.4, 0.5) is 0 Å². The van der Waals surface area contributed by atoms with Crippen molar-refractivity contribution >= 4 is 16.6 Å². The lowest BCUT2D eigenvalue weighted by molar-refractivity contribution is 0.885. The number of rotatable bonds is 1. The van der Waals surface area contributed by atoms with Gasteiger partial charge in [-0.05, 0) is 24.6 Å². The lowest BCUT2D eigenvalue weighted by atomic mass is 10.1. The third-order valence-corrected chi connectivity index (χ3v) is 3.60. The number of hydrogen-bond acceptors (Lipinski definition) is 3. The zero-order valence-electron chi connectivity index (χ0n) is 11.4. The predicted molar refractivity (Wildman–Crippen MR) is 81.3 cm³/mol. The molecule has 2 aromatic carbocycles. The average molecular weight is 276 g/mol. The molecule has 0 aliphatic heterocycles. The second kappa shape index (κ2) is 4.28. The number of aromatic amines is 1. The maximum absolute atomic E-state index is 12.1. The fourth-order valence-electron chi connectivity index (χ4n) is 2.52. The number of nitrogens with one attached hydrogen (secondary N) is 1. The normalized spacial score (nSPS) is 11.3. The zero-order valence-corrected chi connectivity index (χ0v) is 11.4. The van der Waals surface area contributed by atoms with Crippen molar-refractivity contribution in [3.8, 4) is 11.4 Å². The molecule has 0 radical (unpaired) electrons. The molecule has 5 nitrogen and oxygen atoms in total. The summed E-state index contributed by atoms with van der Waals surface area (Å²) < 4.78 is 1.32. The Morgan fingerprint density at radius 1 is 1.05 bits per heavy atom. The van der Waals surface area contributed by atoms with Gasteiger partial charge in [0, 0.05) is 10.9 Å². The molecule has 0 saturated carbocycles. The van der Waals surface area contributed by atoms with Crippen LogP contribution in [0.3, 0.4) is 0 Å². The Morgan fingerprint density at radius 2 is 1.81 bits per heavy atom. The quantitative estimate of drug-likeness (QED) is 0.581. The summed E-state index contributed by atoms with van der Waals surface area (Å²) in [4.78, 5) is 19.5. The first-order valence-electron chi connectivity index (χ1n) is 6.68. The van der Waals surface area contributed by atoms with Gasteiger partial charge in [0.15, 0.2) is 11.5 Å². The van der Waals surface area contributed by atoms with E-state index in [9.17, 15) is 4.79 Å². The molecular formula is C16H12N4O. The minimum Gasteiger partial charge on any atom is -0.305 e. The van der Waals surface area contributed by atoms with Crippen LogP contribution in [0, 0.1) is 6.92 Å². The van der Waals surface area contributed by atoms with E-state index in [0.29, 0.717) is 11.5 Å². The molecule has 0 saturated heterocycles. The fourth-order valence-corrected chi connectivity index (χ4v) is 2.52. The van der Waals surface area contributed by atoms with Crippen molar-refractivity contribution < 1.29 is 0 Å². The van der Waals surface area contributed by atoms with Gasteiger partial charge in [-0.25, -0.2) is 9.78 Å². The second-order valence-electron chi connectivity index (χ2n) is 4.96. The van der Waals surface area contributed by atoms with E-state index in [1.54, 1.807) is 0 Å². The van der Waals surface area contributed by atoms with Crippen molar-refractivity contribution in [2.24, 2.45) is 0 Å². The fraction of sp³-hybridized carbons (Fsp3) is 0.0625. The van der Waals surface area contributed by atoms with E-state index in [0.717, 1.165) is 22.0 Å². The number of fused-ring (bicyclic) bond motifs is 3. The van der Waals surface area contributed by atoms with E-state index >= 15 is 0 Å². The molecule has 0 fully saturated rings. The van der Waals surface area contributed by atoms with Gasteiger partial charge in [-0.15, -0.1) is 5.10 Å². The number of para-hydroxylation sites is 1. The maximum Gasteiger partial charge on any atom is 0.348 e. The van der Waals surface area contributed by atoms with Gasteiger partial charge in [0.25, 0.3) is 0 Å². The van der Waals surface area contributed by atoms with Crippen molar-refractivity contribution in [3.63, 3.8) is 0 Å². The van der Waals surface area contributed by atoms with E-state index < -0.39 is 0 Å².